The second-order valence-electron chi connectivity index (χ2n) is 4.90. The van der Waals surface area contributed by atoms with Crippen LogP contribution >= 0.6 is 15.9 Å². The zero-order valence-electron chi connectivity index (χ0n) is 10.1. The Kier molecular flexibility index (Phi) is 3.24. The van der Waals surface area contributed by atoms with Gasteiger partial charge in [-0.1, -0.05) is 12.8 Å². The topological polar surface area (TPSA) is 42.4 Å². The van der Waals surface area contributed by atoms with Gasteiger partial charge in [0.2, 0.25) is 0 Å². The van der Waals surface area contributed by atoms with Gasteiger partial charge < -0.3 is 4.74 Å². The van der Waals surface area contributed by atoms with Crippen LogP contribution in [0.1, 0.15) is 25.7 Å². The minimum Gasteiger partial charge on any atom is -0.480 e. The molecule has 1 aliphatic heterocycles. The third-order valence-electron chi connectivity index (χ3n) is 3.63. The van der Waals surface area contributed by atoms with Gasteiger partial charge in [-0.3, -0.25) is 9.69 Å². The molecule has 1 aliphatic carbocycles. The Morgan fingerprint density at radius 1 is 1.39 bits per heavy atom. The van der Waals surface area contributed by atoms with Gasteiger partial charge >= 0.3 is 0 Å². The summed E-state index contributed by atoms with van der Waals surface area (Å²) in [6, 6.07) is 3.70. The maximum absolute atomic E-state index is 12.0. The minimum atomic E-state index is 0.0139. The molecule has 2 aliphatic rings. The molecule has 0 saturated heterocycles. The molecule has 18 heavy (non-hydrogen) atoms. The first-order valence-electron chi connectivity index (χ1n) is 6.34. The van der Waals surface area contributed by atoms with E-state index in [-0.39, 0.29) is 12.5 Å². The molecular weight excluding hydrogens is 296 g/mol. The van der Waals surface area contributed by atoms with Crippen LogP contribution in [0, 0.1) is 5.92 Å². The highest BCUT2D eigenvalue weighted by Gasteiger charge is 2.30. The Morgan fingerprint density at radius 3 is 2.94 bits per heavy atom. The van der Waals surface area contributed by atoms with Crippen LogP contribution in [-0.4, -0.2) is 24.0 Å². The van der Waals surface area contributed by atoms with Crippen molar-refractivity contribution in [3.05, 3.63) is 16.7 Å². The summed E-state index contributed by atoms with van der Waals surface area (Å²) in [7, 11) is 0. The van der Waals surface area contributed by atoms with Crippen LogP contribution in [0.3, 0.4) is 0 Å². The van der Waals surface area contributed by atoms with Gasteiger partial charge in [0.1, 0.15) is 4.60 Å². The summed E-state index contributed by atoms with van der Waals surface area (Å²) in [5, 5.41) is 0. The van der Waals surface area contributed by atoms with Crippen molar-refractivity contribution in [2.45, 2.75) is 25.7 Å². The average molecular weight is 311 g/mol. The zero-order valence-corrected chi connectivity index (χ0v) is 11.6. The lowest BCUT2D eigenvalue weighted by molar-refractivity contribution is -0.121. The van der Waals surface area contributed by atoms with Crippen molar-refractivity contribution in [1.82, 2.24) is 4.98 Å². The Balaban J connectivity index is 1.88. The summed E-state index contributed by atoms with van der Waals surface area (Å²) in [5.74, 6) is 1.99. The van der Waals surface area contributed by atoms with Crippen LogP contribution in [0.5, 0.6) is 5.75 Å². The third-order valence-corrected chi connectivity index (χ3v) is 4.07. The van der Waals surface area contributed by atoms with Crippen molar-refractivity contribution in [2.75, 3.05) is 18.1 Å². The summed E-state index contributed by atoms with van der Waals surface area (Å²) in [4.78, 5) is 18.2. The molecule has 0 aromatic carbocycles. The number of carbonyl (C=O) groups excluding carboxylic acids is 1. The van der Waals surface area contributed by atoms with Crippen molar-refractivity contribution in [1.29, 1.82) is 0 Å². The molecule has 1 fully saturated rings. The minimum absolute atomic E-state index is 0.0139. The number of hydrogen-bond acceptors (Lipinski definition) is 3. The van der Waals surface area contributed by atoms with E-state index in [1.54, 1.807) is 4.90 Å². The number of halogens is 1. The fraction of sp³-hybridized carbons (Fsp3) is 0.538. The second-order valence-corrected chi connectivity index (χ2v) is 5.71. The summed E-state index contributed by atoms with van der Waals surface area (Å²) in [5.41, 5.74) is 0. The van der Waals surface area contributed by atoms with Crippen molar-refractivity contribution < 1.29 is 9.53 Å². The van der Waals surface area contributed by atoms with E-state index in [4.69, 9.17) is 4.74 Å². The van der Waals surface area contributed by atoms with Gasteiger partial charge in [-0.15, -0.1) is 0 Å². The van der Waals surface area contributed by atoms with E-state index in [0.29, 0.717) is 17.5 Å². The summed E-state index contributed by atoms with van der Waals surface area (Å²) in [6.45, 7) is 0.904. The smallest absolute Gasteiger partial charge is 0.266 e. The highest BCUT2D eigenvalue weighted by Crippen LogP contribution is 2.34. The molecule has 2 heterocycles. The van der Waals surface area contributed by atoms with E-state index in [9.17, 15) is 4.79 Å². The number of carbonyl (C=O) groups is 1. The number of rotatable bonds is 2. The Hall–Kier alpha value is -1.10. The van der Waals surface area contributed by atoms with E-state index in [2.05, 4.69) is 20.9 Å². The zero-order chi connectivity index (χ0) is 12.5. The third kappa shape index (κ3) is 2.23. The number of pyridine rings is 1. The highest BCUT2D eigenvalue weighted by molar-refractivity contribution is 9.10. The molecule has 0 atom stereocenters. The van der Waals surface area contributed by atoms with E-state index < -0.39 is 0 Å². The standard InChI is InChI=1S/C13H15BrN2O2/c14-11-6-5-10-13(15-11)16(12(17)8-18-10)7-9-3-1-2-4-9/h5-6,9H,1-4,7-8H2. The fourth-order valence-corrected chi connectivity index (χ4v) is 2.99. The first-order valence-corrected chi connectivity index (χ1v) is 7.13. The molecule has 5 heteroatoms. The number of hydrogen-bond donors (Lipinski definition) is 0. The van der Waals surface area contributed by atoms with Gasteiger partial charge in [0.05, 0.1) is 0 Å². The van der Waals surface area contributed by atoms with Gasteiger partial charge in [0.15, 0.2) is 18.2 Å². The molecule has 0 N–H and O–H groups in total. The molecule has 1 aromatic heterocycles. The van der Waals surface area contributed by atoms with Gasteiger partial charge in [0.25, 0.3) is 5.91 Å². The first-order chi connectivity index (χ1) is 8.74. The number of anilines is 1. The summed E-state index contributed by atoms with van der Waals surface area (Å²) in [6.07, 6.45) is 4.99. The highest BCUT2D eigenvalue weighted by atomic mass is 79.9. The molecule has 0 unspecified atom stereocenters. The number of ether oxygens (including phenoxy) is 1. The summed E-state index contributed by atoms with van der Waals surface area (Å²) < 4.78 is 6.14. The average Bonchev–Trinajstić information content (AvgIpc) is 2.86. The lowest BCUT2D eigenvalue weighted by Crippen LogP contribution is -2.42. The molecular formula is C13H15BrN2O2. The van der Waals surface area contributed by atoms with Gasteiger partial charge in [-0.25, -0.2) is 4.98 Å². The predicted molar refractivity (Wildman–Crippen MR) is 71.7 cm³/mol. The van der Waals surface area contributed by atoms with Crippen molar-refractivity contribution in [2.24, 2.45) is 5.92 Å². The maximum atomic E-state index is 12.0. The van der Waals surface area contributed by atoms with Crippen LogP contribution in [-0.2, 0) is 4.79 Å². The molecule has 1 saturated carbocycles. The lowest BCUT2D eigenvalue weighted by Gasteiger charge is -2.30. The van der Waals surface area contributed by atoms with E-state index in [1.807, 2.05) is 12.1 Å². The van der Waals surface area contributed by atoms with Crippen molar-refractivity contribution in [3.8, 4) is 5.75 Å². The van der Waals surface area contributed by atoms with Crippen LogP contribution < -0.4 is 9.64 Å². The summed E-state index contributed by atoms with van der Waals surface area (Å²) >= 11 is 3.35. The SMILES string of the molecule is O=C1COc2ccc(Br)nc2N1CC1CCCC1. The second kappa shape index (κ2) is 4.88. The number of aromatic nitrogens is 1. The molecule has 0 spiro atoms. The van der Waals surface area contributed by atoms with E-state index in [1.165, 1.54) is 25.7 Å². The van der Waals surface area contributed by atoms with Gasteiger partial charge in [-0.2, -0.15) is 0 Å². The Labute approximate surface area is 114 Å². The van der Waals surface area contributed by atoms with E-state index >= 15 is 0 Å². The van der Waals surface area contributed by atoms with Crippen molar-refractivity contribution >= 4 is 27.7 Å². The number of nitrogens with zero attached hydrogens (tertiary/aromatic N) is 2. The predicted octanol–water partition coefficient (Wildman–Crippen LogP) is 2.76. The van der Waals surface area contributed by atoms with Crippen LogP contribution in [0.15, 0.2) is 16.7 Å². The molecule has 4 nitrogen and oxygen atoms in total. The molecule has 96 valence electrons. The monoisotopic (exact) mass is 310 g/mol. The lowest BCUT2D eigenvalue weighted by atomic mass is 10.1. The van der Waals surface area contributed by atoms with E-state index in [0.717, 1.165) is 11.1 Å². The molecule has 0 bridgehead atoms. The van der Waals surface area contributed by atoms with Crippen molar-refractivity contribution in [3.63, 3.8) is 0 Å². The van der Waals surface area contributed by atoms with Crippen LogP contribution in [0.25, 0.3) is 0 Å². The van der Waals surface area contributed by atoms with Crippen LogP contribution in [0.2, 0.25) is 0 Å². The molecule has 1 amide bonds. The maximum Gasteiger partial charge on any atom is 0.266 e. The Bertz CT molecular complexity index is 472. The van der Waals surface area contributed by atoms with Gasteiger partial charge in [0, 0.05) is 6.54 Å². The quantitative estimate of drug-likeness (QED) is 0.789. The molecule has 3 rings (SSSR count). The molecule has 1 aromatic rings. The fourth-order valence-electron chi connectivity index (χ4n) is 2.69. The first kappa shape index (κ1) is 12.0. The number of fused-ring (bicyclic) bond motifs is 1. The Morgan fingerprint density at radius 2 is 2.17 bits per heavy atom. The van der Waals surface area contributed by atoms with Gasteiger partial charge in [-0.05, 0) is 46.8 Å². The largest absolute Gasteiger partial charge is 0.480 e. The van der Waals surface area contributed by atoms with Crippen LogP contribution in [0.4, 0.5) is 5.82 Å². The molecule has 0 radical (unpaired) electrons. The normalized spacial score (nSPS) is 19.8. The number of amides is 1.